The number of carbonyl (C=O) groups excluding carboxylic acids is 1. The second-order valence-corrected chi connectivity index (χ2v) is 16.1. The minimum atomic E-state index is -0.643. The molecule has 0 spiro atoms. The number of ether oxygens (including phenoxy) is 3. The SMILES string of the molecule is CC(C)CCC[C@@H](C)C1CCC2C3CC=C4C[C@@H](OC(=O)NCCOC(OCCN)c5ccc(N=[N+]=[N-])cc5)CC[C@]4(C)C3CC[C@@]21C. The average molecular weight is 664 g/mol. The summed E-state index contributed by atoms with van der Waals surface area (Å²) in [4.78, 5) is 15.6. The number of hydrogen-bond donors (Lipinski definition) is 2. The Morgan fingerprint density at radius 3 is 2.54 bits per heavy atom. The van der Waals surface area contributed by atoms with Crippen molar-refractivity contribution in [3.63, 3.8) is 0 Å². The molecule has 1 aromatic rings. The number of nitrogens with one attached hydrogen (secondary N) is 1. The van der Waals surface area contributed by atoms with Gasteiger partial charge >= 0.3 is 6.09 Å². The summed E-state index contributed by atoms with van der Waals surface area (Å²) in [5.41, 5.74) is 17.8. The van der Waals surface area contributed by atoms with Gasteiger partial charge in [0.05, 0.1) is 13.2 Å². The summed E-state index contributed by atoms with van der Waals surface area (Å²) in [6.45, 7) is 13.7. The molecule has 4 aliphatic rings. The lowest BCUT2D eigenvalue weighted by atomic mass is 9.47. The van der Waals surface area contributed by atoms with Crippen LogP contribution in [0.2, 0.25) is 0 Å². The predicted molar refractivity (Wildman–Crippen MR) is 190 cm³/mol. The lowest BCUT2D eigenvalue weighted by Gasteiger charge is -2.58. The first kappa shape index (κ1) is 36.7. The number of allylic oxidation sites excluding steroid dienone is 1. The number of hydrogen-bond acceptors (Lipinski definition) is 6. The molecule has 0 saturated heterocycles. The molecule has 9 heteroatoms. The van der Waals surface area contributed by atoms with Crippen molar-refractivity contribution >= 4 is 11.8 Å². The number of benzene rings is 1. The van der Waals surface area contributed by atoms with Gasteiger partial charge in [-0.25, -0.2) is 4.79 Å². The van der Waals surface area contributed by atoms with Gasteiger partial charge in [0.15, 0.2) is 6.29 Å². The minimum absolute atomic E-state index is 0.0894. The molecule has 0 heterocycles. The van der Waals surface area contributed by atoms with Crippen LogP contribution < -0.4 is 11.1 Å². The number of fused-ring (bicyclic) bond motifs is 5. The van der Waals surface area contributed by atoms with Crippen LogP contribution in [0.3, 0.4) is 0 Å². The van der Waals surface area contributed by atoms with Crippen molar-refractivity contribution in [3.05, 3.63) is 51.9 Å². The van der Waals surface area contributed by atoms with E-state index in [1.165, 1.54) is 56.9 Å². The van der Waals surface area contributed by atoms with E-state index in [1.54, 1.807) is 24.3 Å². The van der Waals surface area contributed by atoms with Crippen LogP contribution in [-0.4, -0.2) is 38.5 Å². The molecule has 0 bridgehead atoms. The van der Waals surface area contributed by atoms with Gasteiger partial charge in [-0.05, 0) is 96.8 Å². The number of nitrogens with zero attached hydrogens (tertiary/aromatic N) is 3. The van der Waals surface area contributed by atoms with E-state index in [4.69, 9.17) is 25.5 Å². The van der Waals surface area contributed by atoms with Crippen LogP contribution >= 0.6 is 0 Å². The minimum Gasteiger partial charge on any atom is -0.446 e. The number of rotatable bonds is 15. The largest absolute Gasteiger partial charge is 0.446 e. The van der Waals surface area contributed by atoms with Gasteiger partial charge in [-0.15, -0.1) is 0 Å². The summed E-state index contributed by atoms with van der Waals surface area (Å²) in [5.74, 6) is 4.92. The van der Waals surface area contributed by atoms with Gasteiger partial charge in [0.2, 0.25) is 0 Å². The number of amides is 1. The average Bonchev–Trinajstić information content (AvgIpc) is 3.42. The van der Waals surface area contributed by atoms with Gasteiger partial charge in [0, 0.05) is 35.7 Å². The third-order valence-corrected chi connectivity index (χ3v) is 12.9. The topological polar surface area (TPSA) is 132 Å². The Bertz CT molecular complexity index is 1300. The molecular weight excluding hydrogens is 602 g/mol. The van der Waals surface area contributed by atoms with E-state index in [2.05, 4.69) is 56.0 Å². The van der Waals surface area contributed by atoms with Crippen LogP contribution in [0.5, 0.6) is 0 Å². The Labute approximate surface area is 288 Å². The molecule has 9 nitrogen and oxygen atoms in total. The highest BCUT2D eigenvalue weighted by atomic mass is 16.7. The fraction of sp³-hybridized carbons (Fsp3) is 0.769. The molecule has 4 aliphatic carbocycles. The van der Waals surface area contributed by atoms with Crippen molar-refractivity contribution in [2.75, 3.05) is 26.3 Å². The normalized spacial score (nSPS) is 32.2. The standard InChI is InChI=1S/C39H61N5O4/c1-26(2)7-6-8-27(3)33-15-16-34-32-14-11-29-25-31(17-19-38(29,4)35(32)18-20-39(33,34)5)48-37(45)42-22-24-47-36(46-23-21-40)28-9-12-30(13-10-28)43-44-41/h9-13,26-27,31-36H,6-8,14-25,40H2,1-5H3,(H,42,45)/t27-,31+,32?,33?,34?,35?,36?,38+,39-/m1/s1. The molecule has 1 amide bonds. The first-order chi connectivity index (χ1) is 23.1. The van der Waals surface area contributed by atoms with Gasteiger partial charge in [0.25, 0.3) is 0 Å². The van der Waals surface area contributed by atoms with E-state index in [0.717, 1.165) is 60.3 Å². The second-order valence-electron chi connectivity index (χ2n) is 16.1. The molecule has 3 N–H and O–H groups in total. The number of alkyl carbamates (subject to hydrolysis) is 1. The Morgan fingerprint density at radius 2 is 1.81 bits per heavy atom. The fourth-order valence-corrected chi connectivity index (χ4v) is 10.4. The fourth-order valence-electron chi connectivity index (χ4n) is 10.4. The van der Waals surface area contributed by atoms with Crippen molar-refractivity contribution in [2.45, 2.75) is 118 Å². The zero-order valence-electron chi connectivity index (χ0n) is 30.2. The highest BCUT2D eigenvalue weighted by molar-refractivity contribution is 5.67. The molecule has 266 valence electrons. The summed E-state index contributed by atoms with van der Waals surface area (Å²) >= 11 is 0. The van der Waals surface area contributed by atoms with Gasteiger partial charge in [-0.1, -0.05) is 94.9 Å². The number of nitrogens with two attached hydrogens (primary N) is 1. The Balaban J connectivity index is 1.10. The second kappa shape index (κ2) is 16.4. The van der Waals surface area contributed by atoms with Crippen molar-refractivity contribution < 1.29 is 19.0 Å². The van der Waals surface area contributed by atoms with Gasteiger partial charge in [0.1, 0.15) is 6.10 Å². The molecule has 0 aliphatic heterocycles. The van der Waals surface area contributed by atoms with Crippen molar-refractivity contribution in [3.8, 4) is 0 Å². The summed E-state index contributed by atoms with van der Waals surface area (Å²) in [6.07, 6.45) is 15.2. The third-order valence-electron chi connectivity index (χ3n) is 12.9. The zero-order valence-corrected chi connectivity index (χ0v) is 30.2. The summed E-state index contributed by atoms with van der Waals surface area (Å²) in [7, 11) is 0. The maximum absolute atomic E-state index is 12.8. The Morgan fingerprint density at radius 1 is 1.04 bits per heavy atom. The molecule has 3 saturated carbocycles. The lowest BCUT2D eigenvalue weighted by Crippen LogP contribution is -2.51. The van der Waals surface area contributed by atoms with Crippen LogP contribution in [0.25, 0.3) is 10.4 Å². The van der Waals surface area contributed by atoms with E-state index in [0.29, 0.717) is 30.8 Å². The molecular formula is C39H61N5O4. The monoisotopic (exact) mass is 663 g/mol. The number of azide groups is 1. The molecule has 1 aromatic carbocycles. The Kier molecular flexibility index (Phi) is 12.6. The van der Waals surface area contributed by atoms with Crippen LogP contribution in [0.15, 0.2) is 41.0 Å². The van der Waals surface area contributed by atoms with Gasteiger partial charge < -0.3 is 25.3 Å². The molecule has 0 radical (unpaired) electrons. The molecule has 5 rings (SSSR count). The van der Waals surface area contributed by atoms with Gasteiger partial charge in [-0.2, -0.15) is 0 Å². The van der Waals surface area contributed by atoms with Crippen molar-refractivity contribution in [2.24, 2.45) is 57.2 Å². The summed E-state index contributed by atoms with van der Waals surface area (Å²) < 4.78 is 17.6. The zero-order chi connectivity index (χ0) is 34.3. The first-order valence-corrected chi connectivity index (χ1v) is 18.8. The van der Waals surface area contributed by atoms with Gasteiger partial charge in [-0.3, -0.25) is 0 Å². The maximum Gasteiger partial charge on any atom is 0.407 e. The van der Waals surface area contributed by atoms with Crippen LogP contribution in [-0.2, 0) is 14.2 Å². The molecule has 0 aromatic heterocycles. The highest BCUT2D eigenvalue weighted by Gasteiger charge is 2.59. The van der Waals surface area contributed by atoms with Crippen molar-refractivity contribution in [1.82, 2.24) is 5.32 Å². The third kappa shape index (κ3) is 8.23. The summed E-state index contributed by atoms with van der Waals surface area (Å²) in [5, 5.41) is 6.47. The Hall–Kier alpha value is -2.58. The lowest BCUT2D eigenvalue weighted by molar-refractivity contribution is -0.143. The molecule has 3 fully saturated rings. The van der Waals surface area contributed by atoms with E-state index in [1.807, 2.05) is 0 Å². The molecule has 48 heavy (non-hydrogen) atoms. The quantitative estimate of drug-likeness (QED) is 0.0481. The van der Waals surface area contributed by atoms with E-state index in [-0.39, 0.29) is 18.1 Å². The van der Waals surface area contributed by atoms with E-state index in [9.17, 15) is 4.79 Å². The van der Waals surface area contributed by atoms with Crippen LogP contribution in [0.4, 0.5) is 10.5 Å². The molecule has 5 unspecified atom stereocenters. The van der Waals surface area contributed by atoms with E-state index < -0.39 is 12.4 Å². The highest BCUT2D eigenvalue weighted by Crippen LogP contribution is 2.67. The van der Waals surface area contributed by atoms with E-state index >= 15 is 0 Å². The number of carbonyl (C=O) groups is 1. The maximum atomic E-state index is 12.8. The predicted octanol–water partition coefficient (Wildman–Crippen LogP) is 9.76. The first-order valence-electron chi connectivity index (χ1n) is 18.8. The van der Waals surface area contributed by atoms with Crippen LogP contribution in [0.1, 0.15) is 117 Å². The van der Waals surface area contributed by atoms with Crippen molar-refractivity contribution in [1.29, 1.82) is 0 Å². The van der Waals surface area contributed by atoms with Crippen LogP contribution in [0, 0.1) is 46.3 Å². The smallest absolute Gasteiger partial charge is 0.407 e. The molecule has 9 atom stereocenters. The summed E-state index contributed by atoms with van der Waals surface area (Å²) in [6, 6.07) is 6.99.